The standard InChI is InChI=1S/C28H35N6O6PS/c1-33(41(42)38-2)30-19-23-9-13-26(14-10-23)40-18-17-39-25-11-7-22(8-12-25)15-16-29-27(35)21-34-20-24(31-32-34)5-3-4-6-28(36)37/h7-14,17-20,41H,3-6,15-16,21H2,1-2H3,(H,29,35)(H,36,37)/b18-17?,30-19+. The van der Waals surface area contributed by atoms with E-state index < -0.39 is 13.0 Å². The van der Waals surface area contributed by atoms with Crippen LogP contribution in [0.1, 0.15) is 36.1 Å². The zero-order valence-electron chi connectivity index (χ0n) is 23.5. The number of rotatable bonds is 18. The Bertz CT molecular complexity index is 1360. The zero-order chi connectivity index (χ0) is 30.2. The molecule has 1 amide bonds. The molecule has 1 aromatic heterocycles. The summed E-state index contributed by atoms with van der Waals surface area (Å²) < 4.78 is 19.4. The van der Waals surface area contributed by atoms with Crippen molar-refractivity contribution in [3.63, 3.8) is 0 Å². The second kappa shape index (κ2) is 17.7. The molecule has 224 valence electrons. The summed E-state index contributed by atoms with van der Waals surface area (Å²) >= 11 is 5.18. The first kappa shape index (κ1) is 32.5. The smallest absolute Gasteiger partial charge is 0.303 e. The summed E-state index contributed by atoms with van der Waals surface area (Å²) in [6.45, 7) is 0.554. The van der Waals surface area contributed by atoms with Gasteiger partial charge in [-0.25, -0.2) is 4.68 Å². The van der Waals surface area contributed by atoms with Crippen LogP contribution in [0.4, 0.5) is 0 Å². The number of nitrogens with one attached hydrogen (secondary N) is 1. The molecule has 2 aromatic carbocycles. The molecule has 0 aliphatic heterocycles. The molecule has 14 heteroatoms. The average Bonchev–Trinajstić information content (AvgIpc) is 3.43. The van der Waals surface area contributed by atoms with E-state index in [0.717, 1.165) is 16.8 Å². The van der Waals surface area contributed by atoms with Gasteiger partial charge in [0, 0.05) is 33.3 Å². The van der Waals surface area contributed by atoms with Crippen LogP contribution < -0.4 is 14.8 Å². The SMILES string of the molecule is CO[PH](=S)N(C)/N=C/c1ccc(OC=COc2ccc(CCNC(=O)Cn3cc(CCCCC(=O)O)nn3)cc2)cc1. The fourth-order valence-corrected chi connectivity index (χ4v) is 4.13. The maximum absolute atomic E-state index is 12.2. The predicted octanol–water partition coefficient (Wildman–Crippen LogP) is 3.78. The fraction of sp³-hybridized carbons (Fsp3) is 0.321. The van der Waals surface area contributed by atoms with E-state index in [1.807, 2.05) is 48.5 Å². The lowest BCUT2D eigenvalue weighted by Gasteiger charge is -2.12. The number of carboxylic acids is 1. The van der Waals surface area contributed by atoms with E-state index in [-0.39, 0.29) is 18.9 Å². The highest BCUT2D eigenvalue weighted by Gasteiger charge is 2.07. The summed E-state index contributed by atoms with van der Waals surface area (Å²) in [6.07, 6.45) is 9.07. The topological polar surface area (TPSA) is 140 Å². The van der Waals surface area contributed by atoms with Crippen LogP contribution in [-0.4, -0.2) is 63.7 Å². The Kier molecular flexibility index (Phi) is 13.7. The first-order chi connectivity index (χ1) is 20.3. The Balaban J connectivity index is 1.32. The molecule has 3 rings (SSSR count). The van der Waals surface area contributed by atoms with Gasteiger partial charge < -0.3 is 24.4 Å². The summed E-state index contributed by atoms with van der Waals surface area (Å²) in [4.78, 5) is 22.8. The Morgan fingerprint density at radius 1 is 1.07 bits per heavy atom. The van der Waals surface area contributed by atoms with Crippen molar-refractivity contribution < 1.29 is 28.7 Å². The molecule has 1 unspecified atom stereocenters. The van der Waals surface area contributed by atoms with Crippen LogP contribution in [0, 0.1) is 0 Å². The molecule has 1 atom stereocenters. The minimum absolute atomic E-state index is 0.0744. The van der Waals surface area contributed by atoms with Gasteiger partial charge in [0.25, 0.3) is 0 Å². The lowest BCUT2D eigenvalue weighted by molar-refractivity contribution is -0.137. The predicted molar refractivity (Wildman–Crippen MR) is 163 cm³/mol. The molecule has 0 radical (unpaired) electrons. The van der Waals surface area contributed by atoms with Crippen LogP contribution >= 0.6 is 7.07 Å². The van der Waals surface area contributed by atoms with Crippen molar-refractivity contribution in [2.75, 3.05) is 20.7 Å². The average molecular weight is 615 g/mol. The molecule has 0 aliphatic carbocycles. The highest BCUT2D eigenvalue weighted by Crippen LogP contribution is 2.25. The van der Waals surface area contributed by atoms with Gasteiger partial charge in [0.05, 0.1) is 11.9 Å². The largest absolute Gasteiger partial charge is 0.481 e. The van der Waals surface area contributed by atoms with Crippen molar-refractivity contribution in [2.24, 2.45) is 5.10 Å². The third kappa shape index (κ3) is 12.2. The molecule has 0 aliphatic rings. The van der Waals surface area contributed by atoms with Gasteiger partial charge in [-0.3, -0.25) is 14.4 Å². The van der Waals surface area contributed by atoms with Gasteiger partial charge >= 0.3 is 5.97 Å². The van der Waals surface area contributed by atoms with E-state index in [1.165, 1.54) is 17.2 Å². The van der Waals surface area contributed by atoms with Crippen LogP contribution in [0.2, 0.25) is 0 Å². The fourth-order valence-electron chi connectivity index (χ4n) is 3.57. The number of unbranched alkanes of at least 4 members (excludes halogenated alkanes) is 1. The van der Waals surface area contributed by atoms with Gasteiger partial charge in [0.2, 0.25) is 5.91 Å². The minimum Gasteiger partial charge on any atom is -0.481 e. The molecule has 1 heterocycles. The monoisotopic (exact) mass is 614 g/mol. The van der Waals surface area contributed by atoms with E-state index in [1.54, 1.807) is 31.3 Å². The number of amides is 1. The number of carbonyl (C=O) groups is 2. The third-order valence-electron chi connectivity index (χ3n) is 5.79. The number of aryl methyl sites for hydroxylation is 1. The van der Waals surface area contributed by atoms with E-state index in [4.69, 9.17) is 30.9 Å². The normalized spacial score (nSPS) is 12.0. The third-order valence-corrected chi connectivity index (χ3v) is 8.07. The van der Waals surface area contributed by atoms with Crippen LogP contribution in [-0.2, 0) is 45.3 Å². The lowest BCUT2D eigenvalue weighted by atomic mass is 10.1. The number of carbonyl (C=O) groups excluding carboxylic acids is 1. The van der Waals surface area contributed by atoms with Crippen molar-refractivity contribution in [1.82, 2.24) is 25.1 Å². The van der Waals surface area contributed by atoms with Crippen LogP contribution in [0.5, 0.6) is 11.5 Å². The number of ether oxygens (including phenoxy) is 2. The van der Waals surface area contributed by atoms with Gasteiger partial charge in [0.15, 0.2) is 7.07 Å². The summed E-state index contributed by atoms with van der Waals surface area (Å²) in [5.41, 5.74) is 2.70. The Morgan fingerprint density at radius 2 is 1.74 bits per heavy atom. The molecule has 3 aromatic rings. The van der Waals surface area contributed by atoms with Crippen LogP contribution in [0.3, 0.4) is 0 Å². The summed E-state index contributed by atoms with van der Waals surface area (Å²) in [7, 11) is 1.86. The van der Waals surface area contributed by atoms with Crippen LogP contribution in [0.25, 0.3) is 0 Å². The molecule has 2 N–H and O–H groups in total. The summed E-state index contributed by atoms with van der Waals surface area (Å²) in [5, 5.41) is 23.8. The highest BCUT2D eigenvalue weighted by atomic mass is 32.4. The first-order valence-electron chi connectivity index (χ1n) is 13.2. The van der Waals surface area contributed by atoms with Crippen molar-refractivity contribution in [3.05, 3.63) is 84.1 Å². The molecule has 42 heavy (non-hydrogen) atoms. The molecule has 0 fully saturated rings. The summed E-state index contributed by atoms with van der Waals surface area (Å²) in [5.74, 6) is 0.341. The number of nitrogens with zero attached hydrogens (tertiary/aromatic N) is 5. The molecule has 0 bridgehead atoms. The molecule has 0 spiro atoms. The molecular weight excluding hydrogens is 579 g/mol. The number of aromatic nitrogens is 3. The van der Waals surface area contributed by atoms with Crippen molar-refractivity contribution >= 4 is 37.0 Å². The van der Waals surface area contributed by atoms with Crippen molar-refractivity contribution in [3.8, 4) is 11.5 Å². The van der Waals surface area contributed by atoms with E-state index >= 15 is 0 Å². The number of benzene rings is 2. The second-order valence-electron chi connectivity index (χ2n) is 9.07. The maximum Gasteiger partial charge on any atom is 0.303 e. The second-order valence-corrected chi connectivity index (χ2v) is 11.7. The van der Waals surface area contributed by atoms with Crippen molar-refractivity contribution in [1.29, 1.82) is 0 Å². The highest BCUT2D eigenvalue weighted by molar-refractivity contribution is 8.01. The van der Waals surface area contributed by atoms with E-state index in [0.29, 0.717) is 43.7 Å². The number of carboxylic acid groups (broad SMARTS) is 1. The Morgan fingerprint density at radius 3 is 2.38 bits per heavy atom. The quantitative estimate of drug-likeness (QED) is 0.0715. The van der Waals surface area contributed by atoms with Gasteiger partial charge in [-0.05, 0) is 85.0 Å². The number of hydrogen-bond donors (Lipinski definition) is 2. The Labute approximate surface area is 250 Å². The number of hydrazone groups is 1. The van der Waals surface area contributed by atoms with Crippen molar-refractivity contribution in [2.45, 2.75) is 38.6 Å². The van der Waals surface area contributed by atoms with Crippen LogP contribution in [0.15, 0.2) is 72.4 Å². The van der Waals surface area contributed by atoms with Gasteiger partial charge in [-0.2, -0.15) is 5.10 Å². The molecule has 0 saturated heterocycles. The van der Waals surface area contributed by atoms with E-state index in [2.05, 4.69) is 20.7 Å². The van der Waals surface area contributed by atoms with Gasteiger partial charge in [-0.1, -0.05) is 17.3 Å². The Hall–Kier alpha value is -4.06. The number of hydrogen-bond acceptors (Lipinski definition) is 9. The lowest BCUT2D eigenvalue weighted by Crippen LogP contribution is -2.29. The molecular formula is C28H35N6O6PS. The zero-order valence-corrected chi connectivity index (χ0v) is 25.3. The maximum atomic E-state index is 12.2. The minimum atomic E-state index is -1.50. The van der Waals surface area contributed by atoms with Gasteiger partial charge in [0.1, 0.15) is 30.6 Å². The molecule has 12 nitrogen and oxygen atoms in total. The number of aliphatic carboxylic acids is 1. The summed E-state index contributed by atoms with van der Waals surface area (Å²) in [6, 6.07) is 15.0. The van der Waals surface area contributed by atoms with E-state index in [9.17, 15) is 9.59 Å². The molecule has 0 saturated carbocycles. The van der Waals surface area contributed by atoms with Gasteiger partial charge in [-0.15, -0.1) is 5.10 Å². The first-order valence-corrected chi connectivity index (χ1v) is 15.7.